The van der Waals surface area contributed by atoms with Gasteiger partial charge in [-0.1, -0.05) is 6.08 Å². The minimum Gasteiger partial charge on any atom is -0.352 e. The summed E-state index contributed by atoms with van der Waals surface area (Å²) in [6.45, 7) is 3.36. The third-order valence-corrected chi connectivity index (χ3v) is 0.966. The molecule has 4 nitrogen and oxygen atoms in total. The Bertz CT molecular complexity index is 97.6. The van der Waals surface area contributed by atoms with Crippen molar-refractivity contribution in [1.82, 2.24) is 0 Å². The van der Waals surface area contributed by atoms with Gasteiger partial charge in [-0.3, -0.25) is 5.73 Å². The second-order valence-corrected chi connectivity index (χ2v) is 1.91. The summed E-state index contributed by atoms with van der Waals surface area (Å²) in [5, 5.41) is 17.2. The molecule has 0 bridgehead atoms. The SMILES string of the molecule is C=CCC(N)C(N)(O)O. The summed E-state index contributed by atoms with van der Waals surface area (Å²) >= 11 is 0. The van der Waals surface area contributed by atoms with Crippen molar-refractivity contribution < 1.29 is 10.2 Å². The second-order valence-electron chi connectivity index (χ2n) is 1.91. The first-order valence-corrected chi connectivity index (χ1v) is 2.58. The molecule has 0 rings (SSSR count). The van der Waals surface area contributed by atoms with Crippen LogP contribution in [0.5, 0.6) is 0 Å². The summed E-state index contributed by atoms with van der Waals surface area (Å²) in [6, 6.07) is -0.866. The topological polar surface area (TPSA) is 92.5 Å². The zero-order chi connectivity index (χ0) is 7.49. The van der Waals surface area contributed by atoms with E-state index >= 15 is 0 Å². The second kappa shape index (κ2) is 2.93. The van der Waals surface area contributed by atoms with E-state index in [1.54, 1.807) is 0 Å². The van der Waals surface area contributed by atoms with E-state index in [9.17, 15) is 0 Å². The summed E-state index contributed by atoms with van der Waals surface area (Å²) in [5.41, 5.74) is 9.97. The zero-order valence-corrected chi connectivity index (χ0v) is 5.12. The molecule has 0 aliphatic heterocycles. The molecule has 0 saturated heterocycles. The molecule has 54 valence electrons. The van der Waals surface area contributed by atoms with Crippen LogP contribution in [0, 0.1) is 0 Å². The van der Waals surface area contributed by atoms with E-state index in [1.165, 1.54) is 6.08 Å². The molecule has 0 aliphatic rings. The third-order valence-electron chi connectivity index (χ3n) is 0.966. The highest BCUT2D eigenvalue weighted by Gasteiger charge is 2.24. The lowest BCUT2D eigenvalue weighted by molar-refractivity contribution is -0.170. The molecule has 6 N–H and O–H groups in total. The molecule has 9 heavy (non-hydrogen) atoms. The highest BCUT2D eigenvalue weighted by molar-refractivity contribution is 4.81. The van der Waals surface area contributed by atoms with Gasteiger partial charge in [-0.25, -0.2) is 0 Å². The van der Waals surface area contributed by atoms with Crippen LogP contribution in [-0.4, -0.2) is 22.2 Å². The van der Waals surface area contributed by atoms with Gasteiger partial charge in [0, 0.05) is 0 Å². The number of aliphatic hydroxyl groups is 2. The fourth-order valence-corrected chi connectivity index (χ4v) is 0.353. The van der Waals surface area contributed by atoms with Gasteiger partial charge in [-0.05, 0) is 6.42 Å². The molecule has 0 amide bonds. The van der Waals surface area contributed by atoms with E-state index in [-0.39, 0.29) is 6.42 Å². The first-order valence-electron chi connectivity index (χ1n) is 2.58. The minimum atomic E-state index is -2.28. The van der Waals surface area contributed by atoms with Crippen molar-refractivity contribution in [2.24, 2.45) is 11.5 Å². The smallest absolute Gasteiger partial charge is 0.236 e. The van der Waals surface area contributed by atoms with Gasteiger partial charge in [0.2, 0.25) is 5.91 Å². The third kappa shape index (κ3) is 3.21. The van der Waals surface area contributed by atoms with Gasteiger partial charge in [0.05, 0.1) is 6.04 Å². The predicted octanol–water partition coefficient (Wildman–Crippen LogP) is -1.51. The molecule has 0 aromatic carbocycles. The molecule has 0 aromatic heterocycles. The first-order chi connectivity index (χ1) is 3.98. The Morgan fingerprint density at radius 1 is 1.67 bits per heavy atom. The Kier molecular flexibility index (Phi) is 2.80. The molecule has 0 heterocycles. The normalized spacial score (nSPS) is 15.1. The van der Waals surface area contributed by atoms with Crippen molar-refractivity contribution in [1.29, 1.82) is 0 Å². The molecule has 0 fully saturated rings. The lowest BCUT2D eigenvalue weighted by Gasteiger charge is -2.21. The van der Waals surface area contributed by atoms with Crippen LogP contribution in [0.2, 0.25) is 0 Å². The molecule has 0 radical (unpaired) electrons. The van der Waals surface area contributed by atoms with Crippen LogP contribution in [0.25, 0.3) is 0 Å². The summed E-state index contributed by atoms with van der Waals surface area (Å²) < 4.78 is 0. The molecule has 0 saturated carbocycles. The van der Waals surface area contributed by atoms with Gasteiger partial charge in [0.1, 0.15) is 0 Å². The van der Waals surface area contributed by atoms with E-state index in [0.29, 0.717) is 0 Å². The molecular weight excluding hydrogens is 120 g/mol. The quantitative estimate of drug-likeness (QED) is 0.277. The maximum absolute atomic E-state index is 8.58. The van der Waals surface area contributed by atoms with Crippen molar-refractivity contribution in [2.45, 2.75) is 18.4 Å². The first kappa shape index (κ1) is 8.58. The van der Waals surface area contributed by atoms with Crippen molar-refractivity contribution >= 4 is 0 Å². The maximum Gasteiger partial charge on any atom is 0.236 e. The van der Waals surface area contributed by atoms with Crippen LogP contribution < -0.4 is 11.5 Å². The molecule has 1 atom stereocenters. The van der Waals surface area contributed by atoms with Crippen LogP contribution in [0.3, 0.4) is 0 Å². The highest BCUT2D eigenvalue weighted by Crippen LogP contribution is 1.99. The van der Waals surface area contributed by atoms with Gasteiger partial charge >= 0.3 is 0 Å². The van der Waals surface area contributed by atoms with Gasteiger partial charge in [0.25, 0.3) is 0 Å². The van der Waals surface area contributed by atoms with Crippen molar-refractivity contribution in [3.63, 3.8) is 0 Å². The van der Waals surface area contributed by atoms with E-state index < -0.39 is 12.0 Å². The van der Waals surface area contributed by atoms with Gasteiger partial charge < -0.3 is 15.9 Å². The maximum atomic E-state index is 8.58. The number of rotatable bonds is 3. The molecular formula is C5H12N2O2. The van der Waals surface area contributed by atoms with Crippen LogP contribution in [0.1, 0.15) is 6.42 Å². The largest absolute Gasteiger partial charge is 0.352 e. The van der Waals surface area contributed by atoms with Gasteiger partial charge in [-0.2, -0.15) is 0 Å². The lowest BCUT2D eigenvalue weighted by atomic mass is 10.1. The van der Waals surface area contributed by atoms with Crippen LogP contribution in [-0.2, 0) is 0 Å². The molecule has 0 aliphatic carbocycles. The standard InChI is InChI=1S/C5H12N2O2/c1-2-3-4(6)5(7,8)9/h2,4,8-9H,1,3,6-7H2. The number of hydrogen-bond acceptors (Lipinski definition) is 4. The highest BCUT2D eigenvalue weighted by atomic mass is 16.5. The Morgan fingerprint density at radius 3 is 2.22 bits per heavy atom. The molecule has 4 heteroatoms. The molecule has 0 spiro atoms. The summed E-state index contributed by atoms with van der Waals surface area (Å²) in [6.07, 6.45) is 1.75. The van der Waals surface area contributed by atoms with E-state index in [1.807, 2.05) is 0 Å². The van der Waals surface area contributed by atoms with Gasteiger partial charge in [-0.15, -0.1) is 6.58 Å². The van der Waals surface area contributed by atoms with Crippen molar-refractivity contribution in [3.05, 3.63) is 12.7 Å². The predicted molar refractivity (Wildman–Crippen MR) is 34.1 cm³/mol. The van der Waals surface area contributed by atoms with Crippen molar-refractivity contribution in [2.75, 3.05) is 0 Å². The fraction of sp³-hybridized carbons (Fsp3) is 0.600. The van der Waals surface area contributed by atoms with Crippen LogP contribution in [0.4, 0.5) is 0 Å². The van der Waals surface area contributed by atoms with E-state index in [4.69, 9.17) is 21.7 Å². The van der Waals surface area contributed by atoms with Gasteiger partial charge in [0.15, 0.2) is 0 Å². The van der Waals surface area contributed by atoms with E-state index in [0.717, 1.165) is 0 Å². The number of hydrogen-bond donors (Lipinski definition) is 4. The molecule has 1 unspecified atom stereocenters. The Morgan fingerprint density at radius 2 is 2.11 bits per heavy atom. The van der Waals surface area contributed by atoms with Crippen molar-refractivity contribution in [3.8, 4) is 0 Å². The Balaban J connectivity index is 3.72. The minimum absolute atomic E-state index is 0.281. The average molecular weight is 132 g/mol. The summed E-state index contributed by atoms with van der Waals surface area (Å²) in [4.78, 5) is 0. The fourth-order valence-electron chi connectivity index (χ4n) is 0.353. The Labute approximate surface area is 53.8 Å². The van der Waals surface area contributed by atoms with Crippen LogP contribution >= 0.6 is 0 Å². The lowest BCUT2D eigenvalue weighted by Crippen LogP contribution is -2.54. The zero-order valence-electron chi connectivity index (χ0n) is 5.12. The Hall–Kier alpha value is -0.420. The van der Waals surface area contributed by atoms with E-state index in [2.05, 4.69) is 6.58 Å². The summed E-state index contributed by atoms with van der Waals surface area (Å²) in [7, 11) is 0. The van der Waals surface area contributed by atoms with Crippen LogP contribution in [0.15, 0.2) is 12.7 Å². The molecule has 0 aromatic rings. The average Bonchev–Trinajstić information content (AvgIpc) is 1.64. The number of nitrogens with two attached hydrogens (primary N) is 2. The monoisotopic (exact) mass is 132 g/mol. The summed E-state index contributed by atoms with van der Waals surface area (Å²) in [5.74, 6) is -2.28.